The SMILES string of the molecule is COc1ccc(CN2CCN(Cc3ccc(C)s3)CC2CCO)c(F)c1. The third kappa shape index (κ3) is 4.82. The van der Waals surface area contributed by atoms with Crippen LogP contribution >= 0.6 is 11.3 Å². The predicted molar refractivity (Wildman–Crippen MR) is 103 cm³/mol. The van der Waals surface area contributed by atoms with E-state index in [9.17, 15) is 9.50 Å². The van der Waals surface area contributed by atoms with Gasteiger partial charge in [-0.05, 0) is 31.5 Å². The van der Waals surface area contributed by atoms with Crippen molar-refractivity contribution in [1.29, 1.82) is 0 Å². The summed E-state index contributed by atoms with van der Waals surface area (Å²) in [5, 5.41) is 9.47. The van der Waals surface area contributed by atoms with E-state index in [1.165, 1.54) is 15.8 Å². The maximum atomic E-state index is 14.3. The zero-order valence-corrected chi connectivity index (χ0v) is 16.3. The molecule has 1 fully saturated rings. The summed E-state index contributed by atoms with van der Waals surface area (Å²) in [6.45, 7) is 6.52. The number of aryl methyl sites for hydroxylation is 1. The molecule has 4 nitrogen and oxygen atoms in total. The number of halogens is 1. The molecule has 142 valence electrons. The van der Waals surface area contributed by atoms with E-state index in [0.29, 0.717) is 24.3 Å². The third-order valence-corrected chi connectivity index (χ3v) is 5.95. The van der Waals surface area contributed by atoms with Crippen molar-refractivity contribution in [2.24, 2.45) is 0 Å². The van der Waals surface area contributed by atoms with Gasteiger partial charge in [0.2, 0.25) is 0 Å². The Morgan fingerprint density at radius 3 is 2.73 bits per heavy atom. The van der Waals surface area contributed by atoms with Gasteiger partial charge in [-0.15, -0.1) is 11.3 Å². The van der Waals surface area contributed by atoms with Crippen LogP contribution in [0.1, 0.15) is 21.7 Å². The smallest absolute Gasteiger partial charge is 0.131 e. The summed E-state index contributed by atoms with van der Waals surface area (Å²) in [6, 6.07) is 9.62. The number of aliphatic hydroxyl groups excluding tert-OH is 1. The lowest BCUT2D eigenvalue weighted by Crippen LogP contribution is -2.52. The van der Waals surface area contributed by atoms with Gasteiger partial charge in [-0.3, -0.25) is 9.80 Å². The molecule has 1 atom stereocenters. The summed E-state index contributed by atoms with van der Waals surface area (Å²) in [7, 11) is 1.54. The normalized spacial score (nSPS) is 19.0. The van der Waals surface area contributed by atoms with Crippen molar-refractivity contribution < 1.29 is 14.2 Å². The first-order valence-electron chi connectivity index (χ1n) is 9.04. The Labute approximate surface area is 158 Å². The zero-order valence-electron chi connectivity index (χ0n) is 15.4. The van der Waals surface area contributed by atoms with Gasteiger partial charge in [-0.25, -0.2) is 4.39 Å². The summed E-state index contributed by atoms with van der Waals surface area (Å²) in [5.74, 6) is 0.304. The van der Waals surface area contributed by atoms with E-state index in [0.717, 1.165) is 26.2 Å². The molecule has 0 spiro atoms. The molecule has 1 aromatic heterocycles. The minimum Gasteiger partial charge on any atom is -0.497 e. The molecule has 1 saturated heterocycles. The van der Waals surface area contributed by atoms with E-state index < -0.39 is 0 Å². The van der Waals surface area contributed by atoms with Crippen LogP contribution in [0.4, 0.5) is 4.39 Å². The monoisotopic (exact) mass is 378 g/mol. The van der Waals surface area contributed by atoms with Crippen molar-refractivity contribution in [3.05, 3.63) is 51.5 Å². The first kappa shape index (κ1) is 19.3. The van der Waals surface area contributed by atoms with Crippen molar-refractivity contribution in [3.8, 4) is 5.75 Å². The van der Waals surface area contributed by atoms with Gasteiger partial charge in [0.15, 0.2) is 0 Å². The largest absolute Gasteiger partial charge is 0.497 e. The van der Waals surface area contributed by atoms with Gasteiger partial charge >= 0.3 is 0 Å². The van der Waals surface area contributed by atoms with Crippen LogP contribution in [0.3, 0.4) is 0 Å². The highest BCUT2D eigenvalue weighted by atomic mass is 32.1. The van der Waals surface area contributed by atoms with Crippen molar-refractivity contribution >= 4 is 11.3 Å². The Morgan fingerprint density at radius 2 is 2.08 bits per heavy atom. The number of ether oxygens (including phenoxy) is 1. The molecule has 0 bridgehead atoms. The number of rotatable bonds is 7. The highest BCUT2D eigenvalue weighted by Gasteiger charge is 2.27. The van der Waals surface area contributed by atoms with Gasteiger partial charge in [0.25, 0.3) is 0 Å². The average molecular weight is 379 g/mol. The van der Waals surface area contributed by atoms with Crippen LogP contribution in [0, 0.1) is 12.7 Å². The fourth-order valence-corrected chi connectivity index (χ4v) is 4.46. The number of thiophene rings is 1. The maximum Gasteiger partial charge on any atom is 0.131 e. The summed E-state index contributed by atoms with van der Waals surface area (Å²) >= 11 is 1.84. The number of piperazine rings is 1. The van der Waals surface area contributed by atoms with Gasteiger partial charge in [0.1, 0.15) is 11.6 Å². The molecule has 2 aromatic rings. The Balaban J connectivity index is 1.64. The number of hydrogen-bond donors (Lipinski definition) is 1. The molecule has 0 amide bonds. The van der Waals surface area contributed by atoms with Crippen LogP contribution in [0.5, 0.6) is 5.75 Å². The molecular weight excluding hydrogens is 351 g/mol. The highest BCUT2D eigenvalue weighted by molar-refractivity contribution is 7.11. The van der Waals surface area contributed by atoms with Gasteiger partial charge in [0, 0.05) is 66.8 Å². The molecule has 1 aliphatic heterocycles. The van der Waals surface area contributed by atoms with Crippen LogP contribution in [-0.4, -0.2) is 54.3 Å². The Hall–Kier alpha value is -1.47. The Bertz CT molecular complexity index is 722. The molecule has 26 heavy (non-hydrogen) atoms. The zero-order chi connectivity index (χ0) is 18.5. The summed E-state index contributed by atoms with van der Waals surface area (Å²) in [5.41, 5.74) is 0.677. The Morgan fingerprint density at radius 1 is 1.23 bits per heavy atom. The molecule has 3 rings (SSSR count). The number of hydrogen-bond acceptors (Lipinski definition) is 5. The van der Waals surface area contributed by atoms with Crippen LogP contribution < -0.4 is 4.74 Å². The molecule has 0 saturated carbocycles. The van der Waals surface area contributed by atoms with E-state index >= 15 is 0 Å². The molecule has 2 heterocycles. The molecule has 1 aliphatic rings. The summed E-state index contributed by atoms with van der Waals surface area (Å²) < 4.78 is 19.4. The van der Waals surface area contributed by atoms with Crippen LogP contribution in [0.2, 0.25) is 0 Å². The van der Waals surface area contributed by atoms with Gasteiger partial charge in [-0.2, -0.15) is 0 Å². The molecule has 1 aromatic carbocycles. The molecule has 6 heteroatoms. The lowest BCUT2D eigenvalue weighted by molar-refractivity contribution is 0.0497. The Kier molecular flexibility index (Phi) is 6.64. The molecule has 1 unspecified atom stereocenters. The first-order chi connectivity index (χ1) is 12.6. The van der Waals surface area contributed by atoms with Crippen molar-refractivity contribution in [2.45, 2.75) is 32.5 Å². The van der Waals surface area contributed by atoms with E-state index in [1.807, 2.05) is 11.3 Å². The molecule has 0 radical (unpaired) electrons. The quantitative estimate of drug-likeness (QED) is 0.802. The predicted octanol–water partition coefficient (Wildman–Crippen LogP) is 3.27. The molecule has 0 aliphatic carbocycles. The van der Waals surface area contributed by atoms with Crippen LogP contribution in [0.25, 0.3) is 0 Å². The molecule has 1 N–H and O–H groups in total. The van der Waals surface area contributed by atoms with Crippen molar-refractivity contribution in [2.75, 3.05) is 33.4 Å². The van der Waals surface area contributed by atoms with E-state index in [-0.39, 0.29) is 18.5 Å². The van der Waals surface area contributed by atoms with Crippen molar-refractivity contribution in [1.82, 2.24) is 9.80 Å². The molecular formula is C20H27FN2O2S. The number of methoxy groups -OCH3 is 1. The van der Waals surface area contributed by atoms with Gasteiger partial charge in [-0.1, -0.05) is 6.07 Å². The summed E-state index contributed by atoms with van der Waals surface area (Å²) in [6.07, 6.45) is 0.706. The first-order valence-corrected chi connectivity index (χ1v) is 9.85. The summed E-state index contributed by atoms with van der Waals surface area (Å²) in [4.78, 5) is 7.43. The lowest BCUT2D eigenvalue weighted by atomic mass is 10.1. The second-order valence-corrected chi connectivity index (χ2v) is 8.21. The van der Waals surface area contributed by atoms with Gasteiger partial charge in [0.05, 0.1) is 7.11 Å². The topological polar surface area (TPSA) is 35.9 Å². The fraction of sp³-hybridized carbons (Fsp3) is 0.500. The standard InChI is InChI=1S/C20H27FN2O2S/c1-15-3-6-19(26-15)14-22-8-9-23(17(13-22)7-10-24)12-16-4-5-18(25-2)11-20(16)21/h3-6,11,17,24H,7-10,12-14H2,1-2H3. The third-order valence-electron chi connectivity index (χ3n) is 4.96. The minimum atomic E-state index is -0.233. The minimum absolute atomic E-state index is 0.151. The number of nitrogens with zero attached hydrogens (tertiary/aromatic N) is 2. The highest BCUT2D eigenvalue weighted by Crippen LogP contribution is 2.23. The fourth-order valence-electron chi connectivity index (χ4n) is 3.52. The van der Waals surface area contributed by atoms with E-state index in [2.05, 4.69) is 28.9 Å². The lowest BCUT2D eigenvalue weighted by Gasteiger charge is -2.41. The van der Waals surface area contributed by atoms with E-state index in [1.54, 1.807) is 19.2 Å². The average Bonchev–Trinajstić information content (AvgIpc) is 3.03. The maximum absolute atomic E-state index is 14.3. The number of benzene rings is 1. The van der Waals surface area contributed by atoms with E-state index in [4.69, 9.17) is 4.74 Å². The van der Waals surface area contributed by atoms with Crippen LogP contribution in [0.15, 0.2) is 30.3 Å². The second-order valence-electron chi connectivity index (χ2n) is 6.84. The van der Waals surface area contributed by atoms with Gasteiger partial charge < -0.3 is 9.84 Å². The number of aliphatic hydroxyl groups is 1. The second kappa shape index (κ2) is 8.95. The van der Waals surface area contributed by atoms with Crippen molar-refractivity contribution in [3.63, 3.8) is 0 Å². The van der Waals surface area contributed by atoms with Crippen LogP contribution in [-0.2, 0) is 13.1 Å².